The van der Waals surface area contributed by atoms with Crippen molar-refractivity contribution in [3.8, 4) is 5.75 Å². The Morgan fingerprint density at radius 1 is 0.974 bits per heavy atom. The lowest BCUT2D eigenvalue weighted by molar-refractivity contribution is -0.128. The highest BCUT2D eigenvalue weighted by Gasteiger charge is 2.54. The van der Waals surface area contributed by atoms with Crippen molar-refractivity contribution < 1.29 is 28.2 Å². The number of rotatable bonds is 6. The van der Waals surface area contributed by atoms with Crippen LogP contribution in [-0.2, 0) is 16.1 Å². The van der Waals surface area contributed by atoms with Crippen LogP contribution in [0.15, 0.2) is 73.1 Å². The van der Waals surface area contributed by atoms with Crippen molar-refractivity contribution in [2.75, 3.05) is 26.8 Å². The van der Waals surface area contributed by atoms with E-state index in [4.69, 9.17) is 9.47 Å². The van der Waals surface area contributed by atoms with Gasteiger partial charge in [0.25, 0.3) is 11.8 Å². The Kier molecular flexibility index (Phi) is 7.56. The summed E-state index contributed by atoms with van der Waals surface area (Å²) in [7, 11) is 1.55. The second-order valence-electron chi connectivity index (χ2n) is 9.55. The first-order chi connectivity index (χ1) is 18.9. The van der Waals surface area contributed by atoms with Crippen LogP contribution >= 0.6 is 0 Å². The molecular formula is C29H29FN4O5. The third-order valence-corrected chi connectivity index (χ3v) is 7.26. The molecule has 1 aromatic heterocycles. The lowest BCUT2D eigenvalue weighted by Gasteiger charge is -2.44. The number of nitrogens with zero attached hydrogens (tertiary/aromatic N) is 3. The minimum absolute atomic E-state index is 0.0377. The number of carbonyl (C=O) groups excluding carboxylic acids is 3. The van der Waals surface area contributed by atoms with Crippen molar-refractivity contribution in [2.45, 2.75) is 31.2 Å². The zero-order valence-corrected chi connectivity index (χ0v) is 21.5. The van der Waals surface area contributed by atoms with Crippen LogP contribution in [0.25, 0.3) is 0 Å². The van der Waals surface area contributed by atoms with Crippen molar-refractivity contribution in [3.05, 3.63) is 95.6 Å². The van der Waals surface area contributed by atoms with Gasteiger partial charge < -0.3 is 19.7 Å². The van der Waals surface area contributed by atoms with Gasteiger partial charge in [0.05, 0.1) is 13.7 Å². The number of pyridine rings is 1. The van der Waals surface area contributed by atoms with Gasteiger partial charge in [-0.15, -0.1) is 0 Å². The van der Waals surface area contributed by atoms with Gasteiger partial charge in [-0.3, -0.25) is 24.3 Å². The van der Waals surface area contributed by atoms with Crippen molar-refractivity contribution in [1.82, 2.24) is 20.1 Å². The Labute approximate surface area is 225 Å². The molecule has 1 N–H and O–H groups in total. The molecule has 5 rings (SSSR count). The Bertz CT molecular complexity index is 1330. The first kappa shape index (κ1) is 26.3. The minimum atomic E-state index is -1.05. The average Bonchev–Trinajstić information content (AvgIpc) is 3.35. The van der Waals surface area contributed by atoms with E-state index in [1.807, 2.05) is 0 Å². The molecule has 2 fully saturated rings. The average molecular weight is 533 g/mol. The maximum Gasteiger partial charge on any atom is 0.256 e. The molecule has 9 nitrogen and oxygen atoms in total. The number of hydrogen-bond donors (Lipinski definition) is 1. The molecule has 3 aromatic rings. The first-order valence-corrected chi connectivity index (χ1v) is 12.7. The number of benzene rings is 2. The lowest BCUT2D eigenvalue weighted by Crippen LogP contribution is -2.59. The molecule has 1 atom stereocenters. The molecule has 3 heterocycles. The Hall–Kier alpha value is -4.31. The second kappa shape index (κ2) is 11.2. The van der Waals surface area contributed by atoms with Crippen LogP contribution in [0.5, 0.6) is 5.75 Å². The van der Waals surface area contributed by atoms with Crippen molar-refractivity contribution in [2.24, 2.45) is 0 Å². The van der Waals surface area contributed by atoms with E-state index in [0.717, 1.165) is 5.56 Å². The largest absolute Gasteiger partial charge is 0.497 e. The molecule has 2 aromatic carbocycles. The third-order valence-electron chi connectivity index (χ3n) is 7.26. The van der Waals surface area contributed by atoms with E-state index in [2.05, 4.69) is 10.3 Å². The van der Waals surface area contributed by atoms with Gasteiger partial charge in [0.15, 0.2) is 0 Å². The maximum absolute atomic E-state index is 13.9. The number of methoxy groups -OCH3 is 1. The molecule has 0 radical (unpaired) electrons. The molecule has 202 valence electrons. The van der Waals surface area contributed by atoms with Gasteiger partial charge in [-0.05, 0) is 66.2 Å². The Morgan fingerprint density at radius 2 is 1.59 bits per heavy atom. The zero-order valence-electron chi connectivity index (χ0n) is 21.5. The standard InChI is InChI=1S/C29H29FN4O5/c1-38-24-8-4-22(5-9-24)28(37)34-25(26(35)32-18-20-10-14-31-15-11-20)19-39-29(34)12-16-33(17-13-29)27(36)21-2-6-23(30)7-3-21/h2-11,14-15,25H,12-13,16-19H2,1H3,(H,32,35). The molecule has 1 unspecified atom stereocenters. The van der Waals surface area contributed by atoms with Gasteiger partial charge in [0.2, 0.25) is 5.91 Å². The number of ether oxygens (including phenoxy) is 2. The minimum Gasteiger partial charge on any atom is -0.497 e. The number of halogens is 1. The summed E-state index contributed by atoms with van der Waals surface area (Å²) >= 11 is 0. The molecule has 0 bridgehead atoms. The summed E-state index contributed by atoms with van der Waals surface area (Å²) < 4.78 is 24.8. The summed E-state index contributed by atoms with van der Waals surface area (Å²) in [6.07, 6.45) is 3.96. The number of nitrogens with one attached hydrogen (secondary N) is 1. The summed E-state index contributed by atoms with van der Waals surface area (Å²) in [4.78, 5) is 47.4. The number of amides is 3. The van der Waals surface area contributed by atoms with E-state index in [1.165, 1.54) is 29.2 Å². The SMILES string of the molecule is COc1ccc(C(=O)N2C(C(=O)NCc3ccncc3)COC23CCN(C(=O)c2ccc(F)cc2)CC3)cc1. The smallest absolute Gasteiger partial charge is 0.256 e. The van der Waals surface area contributed by atoms with Crippen LogP contribution in [0.1, 0.15) is 39.1 Å². The Morgan fingerprint density at radius 3 is 2.23 bits per heavy atom. The van der Waals surface area contributed by atoms with E-state index in [-0.39, 0.29) is 30.9 Å². The van der Waals surface area contributed by atoms with Gasteiger partial charge >= 0.3 is 0 Å². The highest BCUT2D eigenvalue weighted by Crippen LogP contribution is 2.39. The topological polar surface area (TPSA) is 101 Å². The fraction of sp³-hybridized carbons (Fsp3) is 0.310. The van der Waals surface area contributed by atoms with E-state index < -0.39 is 17.6 Å². The third kappa shape index (κ3) is 5.46. The monoisotopic (exact) mass is 532 g/mol. The van der Waals surface area contributed by atoms with Gasteiger partial charge in [-0.2, -0.15) is 0 Å². The lowest BCUT2D eigenvalue weighted by atomic mass is 9.96. The molecule has 10 heteroatoms. The van der Waals surface area contributed by atoms with Crippen LogP contribution in [0, 0.1) is 5.82 Å². The molecule has 2 saturated heterocycles. The predicted molar refractivity (Wildman–Crippen MR) is 139 cm³/mol. The molecule has 2 aliphatic rings. The van der Waals surface area contributed by atoms with Gasteiger partial charge in [-0.1, -0.05) is 0 Å². The highest BCUT2D eigenvalue weighted by atomic mass is 19.1. The molecule has 0 aliphatic carbocycles. The number of carbonyl (C=O) groups is 3. The maximum atomic E-state index is 13.9. The van der Waals surface area contributed by atoms with Crippen LogP contribution < -0.4 is 10.1 Å². The number of hydrogen-bond acceptors (Lipinski definition) is 6. The summed E-state index contributed by atoms with van der Waals surface area (Å²) in [6, 6.07) is 14.9. The molecule has 3 amide bonds. The van der Waals surface area contributed by atoms with Gasteiger partial charge in [-0.25, -0.2) is 4.39 Å². The van der Waals surface area contributed by atoms with E-state index in [0.29, 0.717) is 42.8 Å². The number of likely N-dealkylation sites (tertiary alicyclic amines) is 1. The van der Waals surface area contributed by atoms with E-state index in [9.17, 15) is 18.8 Å². The second-order valence-corrected chi connectivity index (χ2v) is 9.55. The highest BCUT2D eigenvalue weighted by molar-refractivity contribution is 5.99. The summed E-state index contributed by atoms with van der Waals surface area (Å²) in [5.74, 6) is -0.682. The van der Waals surface area contributed by atoms with Crippen molar-refractivity contribution in [1.29, 1.82) is 0 Å². The van der Waals surface area contributed by atoms with Crippen molar-refractivity contribution in [3.63, 3.8) is 0 Å². The normalized spacial score (nSPS) is 18.2. The molecule has 1 spiro atoms. The van der Waals surface area contributed by atoms with Crippen LogP contribution in [0.2, 0.25) is 0 Å². The van der Waals surface area contributed by atoms with Crippen molar-refractivity contribution >= 4 is 17.7 Å². The zero-order chi connectivity index (χ0) is 27.4. The number of piperidine rings is 1. The van der Waals surface area contributed by atoms with Crippen LogP contribution in [0.3, 0.4) is 0 Å². The number of aromatic nitrogens is 1. The van der Waals surface area contributed by atoms with Crippen LogP contribution in [-0.4, -0.2) is 71.1 Å². The summed E-state index contributed by atoms with van der Waals surface area (Å²) in [5, 5.41) is 2.91. The fourth-order valence-electron chi connectivity index (χ4n) is 5.08. The molecule has 2 aliphatic heterocycles. The van der Waals surface area contributed by atoms with E-state index >= 15 is 0 Å². The molecule has 39 heavy (non-hydrogen) atoms. The van der Waals surface area contributed by atoms with Crippen LogP contribution in [0.4, 0.5) is 4.39 Å². The van der Waals surface area contributed by atoms with Gasteiger partial charge in [0.1, 0.15) is 23.3 Å². The predicted octanol–water partition coefficient (Wildman–Crippen LogP) is 3.02. The quantitative estimate of drug-likeness (QED) is 0.524. The van der Waals surface area contributed by atoms with E-state index in [1.54, 1.807) is 60.8 Å². The van der Waals surface area contributed by atoms with Gasteiger partial charge in [0, 0.05) is 56.0 Å². The first-order valence-electron chi connectivity index (χ1n) is 12.7. The summed E-state index contributed by atoms with van der Waals surface area (Å²) in [5.41, 5.74) is 0.624. The molecular weight excluding hydrogens is 503 g/mol. The molecule has 0 saturated carbocycles. The summed E-state index contributed by atoms with van der Waals surface area (Å²) in [6.45, 7) is 0.952. The Balaban J connectivity index is 1.36. The fourth-order valence-corrected chi connectivity index (χ4v) is 5.08.